The smallest absolute Gasteiger partial charge is 0.237 e. The number of carbonyl (C=O) groups is 2. The molecule has 1 amide bonds. The zero-order valence-corrected chi connectivity index (χ0v) is 12.5. The van der Waals surface area contributed by atoms with E-state index in [0.29, 0.717) is 31.0 Å². The van der Waals surface area contributed by atoms with Gasteiger partial charge in [-0.25, -0.2) is 4.98 Å². The van der Waals surface area contributed by atoms with Gasteiger partial charge in [-0.15, -0.1) is 0 Å². The second-order valence-electron chi connectivity index (χ2n) is 4.98. The predicted octanol–water partition coefficient (Wildman–Crippen LogP) is -0.352. The van der Waals surface area contributed by atoms with Crippen LogP contribution in [0.1, 0.15) is 12.0 Å². The first kappa shape index (κ1) is 16.4. The number of hydrogen-bond acceptors (Lipinski definition) is 7. The van der Waals surface area contributed by atoms with Crippen molar-refractivity contribution in [1.82, 2.24) is 15.2 Å². The van der Waals surface area contributed by atoms with E-state index in [1.807, 2.05) is 12.1 Å². The summed E-state index contributed by atoms with van der Waals surface area (Å²) in [7, 11) is 0. The fourth-order valence-electron chi connectivity index (χ4n) is 2.22. The van der Waals surface area contributed by atoms with Gasteiger partial charge >= 0.3 is 0 Å². The van der Waals surface area contributed by atoms with Crippen molar-refractivity contribution >= 4 is 17.5 Å². The van der Waals surface area contributed by atoms with Crippen molar-refractivity contribution < 1.29 is 9.59 Å². The summed E-state index contributed by atoms with van der Waals surface area (Å²) in [5.41, 5.74) is 0.492. The lowest BCUT2D eigenvalue weighted by atomic mass is 10.2. The van der Waals surface area contributed by atoms with Gasteiger partial charge in [0.15, 0.2) is 11.8 Å². The van der Waals surface area contributed by atoms with Crippen molar-refractivity contribution in [2.45, 2.75) is 12.5 Å². The average molecular weight is 312 g/mol. The molecule has 0 aromatic carbocycles. The van der Waals surface area contributed by atoms with Crippen molar-refractivity contribution in [3.8, 4) is 12.1 Å². The topological polar surface area (TPSA) is 122 Å². The maximum absolute atomic E-state index is 12.0. The summed E-state index contributed by atoms with van der Waals surface area (Å²) in [5, 5.41) is 23.6. The van der Waals surface area contributed by atoms with E-state index in [9.17, 15) is 9.59 Å². The fourth-order valence-corrected chi connectivity index (χ4v) is 2.22. The third-order valence-electron chi connectivity index (χ3n) is 3.44. The molecule has 8 heteroatoms. The number of nitriles is 2. The normalized spacial score (nSPS) is 16.7. The molecule has 0 aliphatic carbocycles. The molecule has 23 heavy (non-hydrogen) atoms. The third-order valence-corrected chi connectivity index (χ3v) is 3.44. The number of hydrogen-bond donors (Lipinski definition) is 2. The minimum atomic E-state index is -0.940. The molecule has 118 valence electrons. The van der Waals surface area contributed by atoms with Crippen LogP contribution in [0.15, 0.2) is 18.3 Å². The third kappa shape index (κ3) is 4.25. The zero-order valence-electron chi connectivity index (χ0n) is 12.5. The molecule has 0 radical (unpaired) electrons. The Balaban J connectivity index is 1.67. The number of Topliss-reactive ketones (excluding diaryl/α,β-unsaturated/α-hetero) is 1. The number of carbonyl (C=O) groups excluding carboxylic acids is 2. The summed E-state index contributed by atoms with van der Waals surface area (Å²) >= 11 is 0. The molecular formula is C15H16N6O2. The Labute approximate surface area is 133 Å². The molecular weight excluding hydrogens is 296 g/mol. The minimum Gasteiger partial charge on any atom is -0.369 e. The quantitative estimate of drug-likeness (QED) is 0.688. The van der Waals surface area contributed by atoms with E-state index in [0.717, 1.165) is 0 Å². The van der Waals surface area contributed by atoms with Crippen LogP contribution in [-0.4, -0.2) is 53.8 Å². The second kappa shape index (κ2) is 7.87. The molecule has 1 aromatic rings. The lowest BCUT2D eigenvalue weighted by molar-refractivity contribution is -0.132. The van der Waals surface area contributed by atoms with Crippen LogP contribution >= 0.6 is 0 Å². The lowest BCUT2D eigenvalue weighted by Crippen LogP contribution is -2.42. The molecule has 1 aliphatic heterocycles. The Morgan fingerprint density at radius 2 is 2.22 bits per heavy atom. The molecule has 0 saturated carbocycles. The number of likely N-dealkylation sites (tertiary alicyclic amines) is 1. The number of rotatable bonds is 6. The zero-order chi connectivity index (χ0) is 16.7. The van der Waals surface area contributed by atoms with Gasteiger partial charge in [0.25, 0.3) is 0 Å². The SMILES string of the molecule is N#Cc1ccc(NCCNCC(=O)N2CCC(=O)[C@@H]2C#N)nc1. The molecule has 1 aromatic heterocycles. The van der Waals surface area contributed by atoms with Gasteiger partial charge in [0.1, 0.15) is 11.9 Å². The average Bonchev–Trinajstić information content (AvgIpc) is 2.95. The first-order valence-electron chi connectivity index (χ1n) is 7.18. The van der Waals surface area contributed by atoms with Gasteiger partial charge in [-0.1, -0.05) is 0 Å². The van der Waals surface area contributed by atoms with Crippen LogP contribution in [0.2, 0.25) is 0 Å². The van der Waals surface area contributed by atoms with Gasteiger partial charge in [0.05, 0.1) is 18.2 Å². The largest absolute Gasteiger partial charge is 0.369 e. The van der Waals surface area contributed by atoms with Gasteiger partial charge in [0, 0.05) is 32.3 Å². The van der Waals surface area contributed by atoms with Crippen LogP contribution < -0.4 is 10.6 Å². The van der Waals surface area contributed by atoms with Gasteiger partial charge in [-0.2, -0.15) is 10.5 Å². The highest BCUT2D eigenvalue weighted by Crippen LogP contribution is 2.12. The highest BCUT2D eigenvalue weighted by molar-refractivity contribution is 5.94. The van der Waals surface area contributed by atoms with Crippen molar-refractivity contribution in [3.05, 3.63) is 23.9 Å². The van der Waals surface area contributed by atoms with Crippen molar-refractivity contribution in [3.63, 3.8) is 0 Å². The van der Waals surface area contributed by atoms with Crippen LogP contribution in [0.5, 0.6) is 0 Å². The van der Waals surface area contributed by atoms with Gasteiger partial charge in [0.2, 0.25) is 5.91 Å². The maximum Gasteiger partial charge on any atom is 0.237 e. The Kier molecular flexibility index (Phi) is 5.61. The summed E-state index contributed by atoms with van der Waals surface area (Å²) in [5.74, 6) is 0.195. The number of anilines is 1. The monoisotopic (exact) mass is 312 g/mol. The van der Waals surface area contributed by atoms with Crippen LogP contribution in [0.25, 0.3) is 0 Å². The Hall–Kier alpha value is -2.97. The van der Waals surface area contributed by atoms with Crippen molar-refractivity contribution in [1.29, 1.82) is 10.5 Å². The molecule has 0 unspecified atom stereocenters. The predicted molar refractivity (Wildman–Crippen MR) is 81.0 cm³/mol. The van der Waals surface area contributed by atoms with Crippen LogP contribution in [-0.2, 0) is 9.59 Å². The van der Waals surface area contributed by atoms with E-state index < -0.39 is 6.04 Å². The Morgan fingerprint density at radius 3 is 2.87 bits per heavy atom. The highest BCUT2D eigenvalue weighted by Gasteiger charge is 2.35. The standard InChI is InChI=1S/C15H16N6O2/c16-7-11-1-2-14(20-9-11)19-5-4-18-10-15(23)21-6-3-13(22)12(21)8-17/h1-2,9,12,18H,3-6,10H2,(H,19,20)/t12-/m0/s1. The maximum atomic E-state index is 12.0. The second-order valence-corrected chi connectivity index (χ2v) is 4.98. The first-order chi connectivity index (χ1) is 11.2. The van der Waals surface area contributed by atoms with Gasteiger partial charge in [-0.05, 0) is 12.1 Å². The molecule has 2 N–H and O–H groups in total. The summed E-state index contributed by atoms with van der Waals surface area (Å²) < 4.78 is 0. The Morgan fingerprint density at radius 1 is 1.39 bits per heavy atom. The molecule has 1 aliphatic rings. The van der Waals surface area contributed by atoms with E-state index in [1.165, 1.54) is 11.1 Å². The first-order valence-corrected chi connectivity index (χ1v) is 7.18. The van der Waals surface area contributed by atoms with E-state index >= 15 is 0 Å². The highest BCUT2D eigenvalue weighted by atomic mass is 16.2. The number of amides is 1. The van der Waals surface area contributed by atoms with Crippen molar-refractivity contribution in [2.75, 3.05) is 31.5 Å². The van der Waals surface area contributed by atoms with Crippen molar-refractivity contribution in [2.24, 2.45) is 0 Å². The van der Waals surface area contributed by atoms with E-state index in [-0.39, 0.29) is 24.7 Å². The van der Waals surface area contributed by atoms with E-state index in [1.54, 1.807) is 12.1 Å². The summed E-state index contributed by atoms with van der Waals surface area (Å²) in [6.45, 7) is 1.46. The molecule has 0 bridgehead atoms. The van der Waals surface area contributed by atoms with Gasteiger partial charge in [-0.3, -0.25) is 9.59 Å². The number of aromatic nitrogens is 1. The Bertz CT molecular complexity index is 658. The van der Waals surface area contributed by atoms with E-state index in [4.69, 9.17) is 10.5 Å². The lowest BCUT2D eigenvalue weighted by Gasteiger charge is -2.18. The number of nitrogens with zero attached hydrogens (tertiary/aromatic N) is 4. The summed E-state index contributed by atoms with van der Waals surface area (Å²) in [4.78, 5) is 28.8. The molecule has 2 rings (SSSR count). The molecule has 1 saturated heterocycles. The molecule has 2 heterocycles. The molecule has 1 fully saturated rings. The summed E-state index contributed by atoms with van der Waals surface area (Å²) in [6, 6.07) is 6.28. The van der Waals surface area contributed by atoms with Crippen LogP contribution in [0.3, 0.4) is 0 Å². The van der Waals surface area contributed by atoms with Gasteiger partial charge < -0.3 is 15.5 Å². The number of ketones is 1. The fraction of sp³-hybridized carbons (Fsp3) is 0.400. The number of pyridine rings is 1. The molecule has 0 spiro atoms. The number of nitrogens with one attached hydrogen (secondary N) is 2. The molecule has 8 nitrogen and oxygen atoms in total. The minimum absolute atomic E-state index is 0.0773. The van der Waals surface area contributed by atoms with Crippen LogP contribution in [0, 0.1) is 22.7 Å². The van der Waals surface area contributed by atoms with E-state index in [2.05, 4.69) is 15.6 Å². The van der Waals surface area contributed by atoms with Crippen LogP contribution in [0.4, 0.5) is 5.82 Å². The summed E-state index contributed by atoms with van der Waals surface area (Å²) in [6.07, 6.45) is 1.72. The molecule has 1 atom stereocenters.